The topological polar surface area (TPSA) is 95.1 Å². The molecule has 2 heterocycles. The Hall–Kier alpha value is -2.67. The summed E-state index contributed by atoms with van der Waals surface area (Å²) in [6.45, 7) is 0. The molecule has 2 aromatic heterocycles. The Kier molecular flexibility index (Phi) is 2.96. The van der Waals surface area contributed by atoms with E-state index in [9.17, 15) is 9.59 Å². The molecular weight excluding hydrogens is 278 g/mol. The summed E-state index contributed by atoms with van der Waals surface area (Å²) >= 11 is 1.11. The number of amides is 1. The van der Waals surface area contributed by atoms with Crippen molar-refractivity contribution in [3.63, 3.8) is 0 Å². The van der Waals surface area contributed by atoms with E-state index in [0.29, 0.717) is 5.56 Å². The van der Waals surface area contributed by atoms with Gasteiger partial charge in [0.25, 0.3) is 0 Å². The maximum Gasteiger partial charge on any atom is 0.410 e. The molecule has 1 amide bonds. The van der Waals surface area contributed by atoms with Crippen molar-refractivity contribution in [1.29, 1.82) is 0 Å². The highest BCUT2D eigenvalue weighted by Gasteiger charge is 2.17. The molecule has 0 fully saturated rings. The molecular formula is C13H9N3O3S. The second-order valence-electron chi connectivity index (χ2n) is 4.05. The number of rotatable bonds is 3. The van der Waals surface area contributed by atoms with E-state index in [-0.39, 0.29) is 16.6 Å². The summed E-state index contributed by atoms with van der Waals surface area (Å²) in [5.41, 5.74) is 1.40. The number of ketones is 1. The second kappa shape index (κ2) is 4.78. The van der Waals surface area contributed by atoms with Gasteiger partial charge in [0.1, 0.15) is 5.82 Å². The van der Waals surface area contributed by atoms with Crippen LogP contribution in [0.2, 0.25) is 0 Å². The lowest BCUT2D eigenvalue weighted by atomic mass is 10.1. The van der Waals surface area contributed by atoms with Crippen LogP contribution in [0.15, 0.2) is 35.8 Å². The van der Waals surface area contributed by atoms with Gasteiger partial charge in [-0.25, -0.2) is 9.78 Å². The van der Waals surface area contributed by atoms with Crippen molar-refractivity contribution in [3.8, 4) is 0 Å². The van der Waals surface area contributed by atoms with Gasteiger partial charge in [0.05, 0.1) is 5.56 Å². The number of H-pyrrole nitrogens is 1. The third-order valence-corrected chi connectivity index (χ3v) is 3.61. The predicted octanol–water partition coefficient (Wildman–Crippen LogP) is 2.95. The van der Waals surface area contributed by atoms with Crippen LogP contribution in [0.4, 0.5) is 10.6 Å². The molecule has 0 atom stereocenters. The number of anilines is 1. The maximum absolute atomic E-state index is 12.4. The molecule has 3 aromatic rings. The van der Waals surface area contributed by atoms with Crippen LogP contribution in [-0.2, 0) is 0 Å². The monoisotopic (exact) mass is 287 g/mol. The van der Waals surface area contributed by atoms with Gasteiger partial charge >= 0.3 is 6.09 Å². The molecule has 3 rings (SSSR count). The first-order chi connectivity index (χ1) is 9.65. The molecule has 6 nitrogen and oxygen atoms in total. The van der Waals surface area contributed by atoms with Crippen molar-refractivity contribution < 1.29 is 14.7 Å². The number of thiazole rings is 1. The van der Waals surface area contributed by atoms with Crippen LogP contribution in [0.25, 0.3) is 10.9 Å². The largest absolute Gasteiger partial charge is 0.465 e. The number of carboxylic acid groups (broad SMARTS) is 1. The van der Waals surface area contributed by atoms with Gasteiger partial charge in [0.2, 0.25) is 5.78 Å². The van der Waals surface area contributed by atoms with Gasteiger partial charge in [0, 0.05) is 22.5 Å². The second-order valence-corrected chi connectivity index (χ2v) is 4.90. The zero-order chi connectivity index (χ0) is 14.1. The Morgan fingerprint density at radius 1 is 1.30 bits per heavy atom. The van der Waals surface area contributed by atoms with Crippen LogP contribution in [0.1, 0.15) is 15.4 Å². The van der Waals surface area contributed by atoms with Gasteiger partial charge in [-0.2, -0.15) is 0 Å². The third-order valence-electron chi connectivity index (χ3n) is 2.77. The van der Waals surface area contributed by atoms with Gasteiger partial charge < -0.3 is 10.1 Å². The average Bonchev–Trinajstić information content (AvgIpc) is 3.03. The standard InChI is InChI=1S/C13H9N3O3S/c17-11(12-15-10(6-20-12)16-13(18)19)8-5-14-9-4-2-1-3-7(8)9/h1-6,14,16H,(H,18,19). The van der Waals surface area contributed by atoms with Crippen LogP contribution < -0.4 is 5.32 Å². The number of fused-ring (bicyclic) bond motifs is 1. The van der Waals surface area contributed by atoms with Crippen molar-refractivity contribution in [2.24, 2.45) is 0 Å². The molecule has 7 heteroatoms. The van der Waals surface area contributed by atoms with Crippen LogP contribution >= 0.6 is 11.3 Å². The van der Waals surface area contributed by atoms with Crippen LogP contribution in [0, 0.1) is 0 Å². The third kappa shape index (κ3) is 2.14. The first-order valence-electron chi connectivity index (χ1n) is 5.71. The number of nitrogens with one attached hydrogen (secondary N) is 2. The Bertz CT molecular complexity index is 806. The minimum Gasteiger partial charge on any atom is -0.465 e. The molecule has 3 N–H and O–H groups in total. The van der Waals surface area contributed by atoms with E-state index in [4.69, 9.17) is 5.11 Å². The quantitative estimate of drug-likeness (QED) is 0.645. The summed E-state index contributed by atoms with van der Waals surface area (Å²) in [7, 11) is 0. The number of aromatic nitrogens is 2. The molecule has 0 radical (unpaired) electrons. The fourth-order valence-corrected chi connectivity index (χ4v) is 2.62. The van der Waals surface area contributed by atoms with Gasteiger partial charge in [-0.05, 0) is 6.07 Å². The Morgan fingerprint density at radius 2 is 2.10 bits per heavy atom. The summed E-state index contributed by atoms with van der Waals surface area (Å²) in [4.78, 5) is 29.9. The maximum atomic E-state index is 12.4. The average molecular weight is 287 g/mol. The fraction of sp³-hybridized carbons (Fsp3) is 0. The van der Waals surface area contributed by atoms with Crippen molar-refractivity contribution in [3.05, 3.63) is 46.4 Å². The van der Waals surface area contributed by atoms with E-state index >= 15 is 0 Å². The molecule has 100 valence electrons. The summed E-state index contributed by atoms with van der Waals surface area (Å²) in [5.74, 6) is -0.0726. The minimum absolute atomic E-state index is 0.158. The predicted molar refractivity (Wildman–Crippen MR) is 75.5 cm³/mol. The Morgan fingerprint density at radius 3 is 2.90 bits per heavy atom. The van der Waals surface area contributed by atoms with Gasteiger partial charge in [-0.1, -0.05) is 18.2 Å². The summed E-state index contributed by atoms with van der Waals surface area (Å²) in [6, 6.07) is 7.46. The highest BCUT2D eigenvalue weighted by Crippen LogP contribution is 2.23. The summed E-state index contributed by atoms with van der Waals surface area (Å²) in [5, 5.41) is 13.3. The highest BCUT2D eigenvalue weighted by atomic mass is 32.1. The van der Waals surface area contributed by atoms with Gasteiger partial charge in [0.15, 0.2) is 5.01 Å². The molecule has 0 aliphatic rings. The Balaban J connectivity index is 1.96. The highest BCUT2D eigenvalue weighted by molar-refractivity contribution is 7.12. The van der Waals surface area contributed by atoms with E-state index in [0.717, 1.165) is 22.2 Å². The first-order valence-corrected chi connectivity index (χ1v) is 6.59. The smallest absolute Gasteiger partial charge is 0.410 e. The number of carbonyl (C=O) groups excluding carboxylic acids is 1. The molecule has 0 bridgehead atoms. The first kappa shape index (κ1) is 12.4. The molecule has 0 spiro atoms. The SMILES string of the molecule is O=C(O)Nc1csc(C(=O)c2c[nH]c3ccccc23)n1. The molecule has 0 saturated carbocycles. The number of hydrogen-bond donors (Lipinski definition) is 3. The minimum atomic E-state index is -1.21. The molecule has 0 aliphatic heterocycles. The van der Waals surface area contributed by atoms with Crippen molar-refractivity contribution >= 4 is 39.9 Å². The fourth-order valence-electron chi connectivity index (χ4n) is 1.92. The van der Waals surface area contributed by atoms with E-state index in [1.807, 2.05) is 24.3 Å². The number of carbonyl (C=O) groups is 2. The number of para-hydroxylation sites is 1. The van der Waals surface area contributed by atoms with Crippen molar-refractivity contribution in [2.45, 2.75) is 0 Å². The van der Waals surface area contributed by atoms with Crippen molar-refractivity contribution in [1.82, 2.24) is 9.97 Å². The van der Waals surface area contributed by atoms with Crippen LogP contribution in [-0.4, -0.2) is 27.0 Å². The lowest BCUT2D eigenvalue weighted by Crippen LogP contribution is -2.08. The zero-order valence-corrected chi connectivity index (χ0v) is 10.9. The Labute approximate surface area is 117 Å². The van der Waals surface area contributed by atoms with Crippen molar-refractivity contribution in [2.75, 3.05) is 5.32 Å². The van der Waals surface area contributed by atoms with Gasteiger partial charge in [-0.15, -0.1) is 11.3 Å². The number of benzene rings is 1. The van der Waals surface area contributed by atoms with E-state index in [2.05, 4.69) is 15.3 Å². The number of nitrogens with zero attached hydrogens (tertiary/aromatic N) is 1. The molecule has 20 heavy (non-hydrogen) atoms. The van der Waals surface area contributed by atoms with E-state index < -0.39 is 6.09 Å². The van der Waals surface area contributed by atoms with Gasteiger partial charge in [-0.3, -0.25) is 10.1 Å². The van der Waals surface area contributed by atoms with Crippen LogP contribution in [0.5, 0.6) is 0 Å². The van der Waals surface area contributed by atoms with E-state index in [1.165, 1.54) is 5.38 Å². The summed E-state index contributed by atoms with van der Waals surface area (Å²) < 4.78 is 0. The normalized spacial score (nSPS) is 10.6. The van der Waals surface area contributed by atoms with E-state index in [1.54, 1.807) is 6.20 Å². The van der Waals surface area contributed by atoms with Crippen LogP contribution in [0.3, 0.4) is 0 Å². The number of hydrogen-bond acceptors (Lipinski definition) is 4. The lowest BCUT2D eigenvalue weighted by molar-refractivity contribution is 0.104. The molecule has 0 unspecified atom stereocenters. The molecule has 0 saturated heterocycles. The molecule has 0 aliphatic carbocycles. The number of aromatic amines is 1. The summed E-state index contributed by atoms with van der Waals surface area (Å²) in [6.07, 6.45) is 0.431. The molecule has 1 aromatic carbocycles. The lowest BCUT2D eigenvalue weighted by Gasteiger charge is -1.95. The zero-order valence-electron chi connectivity index (χ0n) is 10.1.